The smallest absolute Gasteiger partial charge is 0.136 e. The number of hydrogen-bond acceptors (Lipinski definition) is 1. The molecule has 0 spiro atoms. The Hall–Kier alpha value is -7.22. The van der Waals surface area contributed by atoms with Gasteiger partial charge < -0.3 is 4.42 Å². The van der Waals surface area contributed by atoms with Gasteiger partial charge in [-0.05, 0) is 159 Å². The summed E-state index contributed by atoms with van der Waals surface area (Å²) in [6, 6.07) is 65.7. The summed E-state index contributed by atoms with van der Waals surface area (Å²) in [6.07, 6.45) is 4.47. The second kappa shape index (κ2) is 12.4. The molecule has 0 unspecified atom stereocenters. The van der Waals surface area contributed by atoms with Crippen molar-refractivity contribution in [3.05, 3.63) is 204 Å². The van der Waals surface area contributed by atoms with Gasteiger partial charge in [0.25, 0.3) is 0 Å². The SMILES string of the molecule is CC1(C)c2ccc(C3=Cc4ccc(-c5c6ccccc6c(-c6ccc7ccccc7c6)c6ccccc56)cc4CC3)cc2-c2cc3c(ccc4oc5ccccc5c43)cc21. The number of hydrogen-bond donors (Lipinski definition) is 0. The first-order valence-corrected chi connectivity index (χ1v) is 21.3. The van der Waals surface area contributed by atoms with Crippen molar-refractivity contribution in [1.82, 2.24) is 0 Å². The molecule has 1 nitrogen and oxygen atoms in total. The van der Waals surface area contributed by atoms with Crippen molar-refractivity contribution in [3.63, 3.8) is 0 Å². The molecule has 10 aromatic carbocycles. The summed E-state index contributed by atoms with van der Waals surface area (Å²) in [6.45, 7) is 4.76. The Kier molecular flexibility index (Phi) is 6.97. The Bertz CT molecular complexity index is 3630. The van der Waals surface area contributed by atoms with Gasteiger partial charge in [-0.1, -0.05) is 159 Å². The molecule has 0 radical (unpaired) electrons. The fourth-order valence-electron chi connectivity index (χ4n) is 11.0. The van der Waals surface area contributed by atoms with Crippen molar-refractivity contribution >= 4 is 76.7 Å². The predicted octanol–water partition coefficient (Wildman–Crippen LogP) is 16.3. The first kappa shape index (κ1) is 33.7. The number of benzene rings is 10. The standard InChI is InChI=1S/C59H40O/c1-59(2)52-27-25-40(32-50(52)51-34-49-41(33-53(51)59)26-28-55-58(49)48-17-9-10-18-54(48)60-55)38-20-21-39-31-43(24-22-37(39)29-38)57-46-15-7-5-13-44(46)56(45-14-6-8-16-47(45)57)42-23-19-35-11-3-4-12-36(35)30-42/h3-19,22-34H,20-21H2,1-2H3. The van der Waals surface area contributed by atoms with Gasteiger partial charge in [-0.2, -0.15) is 0 Å². The maximum absolute atomic E-state index is 6.31. The summed E-state index contributed by atoms with van der Waals surface area (Å²) >= 11 is 0. The minimum Gasteiger partial charge on any atom is -0.456 e. The van der Waals surface area contributed by atoms with Gasteiger partial charge in [-0.3, -0.25) is 0 Å². The van der Waals surface area contributed by atoms with Crippen molar-refractivity contribution in [2.75, 3.05) is 0 Å². The van der Waals surface area contributed by atoms with Crippen LogP contribution in [0.15, 0.2) is 180 Å². The van der Waals surface area contributed by atoms with Crippen molar-refractivity contribution < 1.29 is 4.42 Å². The van der Waals surface area contributed by atoms with Crippen LogP contribution in [0.5, 0.6) is 0 Å². The molecule has 2 aliphatic carbocycles. The lowest BCUT2D eigenvalue weighted by atomic mass is 9.81. The van der Waals surface area contributed by atoms with E-state index in [1.54, 1.807) is 0 Å². The van der Waals surface area contributed by atoms with Crippen LogP contribution in [-0.2, 0) is 11.8 Å². The van der Waals surface area contributed by atoms with Crippen LogP contribution < -0.4 is 0 Å². The summed E-state index contributed by atoms with van der Waals surface area (Å²) in [7, 11) is 0. The first-order chi connectivity index (χ1) is 29.5. The highest BCUT2D eigenvalue weighted by molar-refractivity contribution is 6.22. The van der Waals surface area contributed by atoms with E-state index in [1.165, 1.54) is 121 Å². The van der Waals surface area contributed by atoms with E-state index in [9.17, 15) is 0 Å². The Morgan fingerprint density at radius 2 is 1.03 bits per heavy atom. The molecule has 0 saturated heterocycles. The Labute approximate surface area is 348 Å². The normalized spacial score (nSPS) is 14.3. The minimum atomic E-state index is -0.0865. The molecular formula is C59H40O. The van der Waals surface area contributed by atoms with Gasteiger partial charge in [0, 0.05) is 16.2 Å². The fraction of sp³-hybridized carbons (Fsp3) is 0.0847. The molecule has 0 amide bonds. The molecule has 13 rings (SSSR count). The summed E-state index contributed by atoms with van der Waals surface area (Å²) in [5.41, 5.74) is 17.9. The fourth-order valence-corrected chi connectivity index (χ4v) is 11.0. The van der Waals surface area contributed by atoms with E-state index in [0.717, 1.165) is 24.0 Å². The number of allylic oxidation sites excluding steroid dienone is 1. The number of furan rings is 1. The lowest BCUT2D eigenvalue weighted by Gasteiger charge is -2.23. The Morgan fingerprint density at radius 3 is 1.80 bits per heavy atom. The first-order valence-electron chi connectivity index (χ1n) is 21.3. The number of para-hydroxylation sites is 1. The van der Waals surface area contributed by atoms with Crippen molar-refractivity contribution in [2.45, 2.75) is 32.1 Å². The minimum absolute atomic E-state index is 0.0865. The van der Waals surface area contributed by atoms with E-state index >= 15 is 0 Å². The summed E-state index contributed by atoms with van der Waals surface area (Å²) in [5, 5.41) is 12.6. The molecule has 282 valence electrons. The monoisotopic (exact) mass is 764 g/mol. The van der Waals surface area contributed by atoms with Crippen LogP contribution in [0.25, 0.3) is 110 Å². The second-order valence-corrected chi connectivity index (χ2v) is 17.5. The molecule has 1 heterocycles. The van der Waals surface area contributed by atoms with Crippen LogP contribution in [0.3, 0.4) is 0 Å². The van der Waals surface area contributed by atoms with E-state index in [0.29, 0.717) is 0 Å². The van der Waals surface area contributed by atoms with Gasteiger partial charge in [-0.15, -0.1) is 0 Å². The Balaban J connectivity index is 0.916. The lowest BCUT2D eigenvalue weighted by Crippen LogP contribution is -2.15. The highest BCUT2D eigenvalue weighted by atomic mass is 16.3. The third kappa shape index (κ3) is 4.81. The number of rotatable bonds is 3. The third-order valence-corrected chi connectivity index (χ3v) is 13.9. The molecule has 0 atom stereocenters. The average molecular weight is 765 g/mol. The van der Waals surface area contributed by atoms with Gasteiger partial charge in [0.15, 0.2) is 0 Å². The number of fused-ring (bicyclic) bond motifs is 12. The van der Waals surface area contributed by atoms with Gasteiger partial charge >= 0.3 is 0 Å². The third-order valence-electron chi connectivity index (χ3n) is 13.9. The molecule has 1 heteroatoms. The lowest BCUT2D eigenvalue weighted by molar-refractivity contribution is 0.661. The van der Waals surface area contributed by atoms with Crippen LogP contribution >= 0.6 is 0 Å². The Morgan fingerprint density at radius 1 is 0.417 bits per heavy atom. The van der Waals surface area contributed by atoms with Crippen LogP contribution in [0, 0.1) is 0 Å². The largest absolute Gasteiger partial charge is 0.456 e. The highest BCUT2D eigenvalue weighted by Gasteiger charge is 2.36. The van der Waals surface area contributed by atoms with Crippen LogP contribution in [0.2, 0.25) is 0 Å². The molecule has 0 aliphatic heterocycles. The average Bonchev–Trinajstić information content (AvgIpc) is 3.78. The predicted molar refractivity (Wildman–Crippen MR) is 255 cm³/mol. The number of aryl methyl sites for hydroxylation is 1. The van der Waals surface area contributed by atoms with Gasteiger partial charge in [0.05, 0.1) is 0 Å². The molecule has 0 saturated carbocycles. The summed E-state index contributed by atoms with van der Waals surface area (Å²) < 4.78 is 6.31. The van der Waals surface area contributed by atoms with Crippen LogP contribution in [-0.4, -0.2) is 0 Å². The van der Waals surface area contributed by atoms with Crippen LogP contribution in [0.1, 0.15) is 48.1 Å². The van der Waals surface area contributed by atoms with Gasteiger partial charge in [0.2, 0.25) is 0 Å². The maximum Gasteiger partial charge on any atom is 0.136 e. The van der Waals surface area contributed by atoms with Crippen molar-refractivity contribution in [3.8, 4) is 33.4 Å². The van der Waals surface area contributed by atoms with Crippen molar-refractivity contribution in [1.29, 1.82) is 0 Å². The zero-order valence-electron chi connectivity index (χ0n) is 33.6. The second-order valence-electron chi connectivity index (χ2n) is 17.5. The highest BCUT2D eigenvalue weighted by Crippen LogP contribution is 2.52. The summed E-state index contributed by atoms with van der Waals surface area (Å²) in [5.74, 6) is 0. The van der Waals surface area contributed by atoms with E-state index in [-0.39, 0.29) is 5.41 Å². The quantitative estimate of drug-likeness (QED) is 0.163. The van der Waals surface area contributed by atoms with Crippen LogP contribution in [0.4, 0.5) is 0 Å². The summed E-state index contributed by atoms with van der Waals surface area (Å²) in [4.78, 5) is 0. The van der Waals surface area contributed by atoms with E-state index in [2.05, 4.69) is 196 Å². The zero-order valence-corrected chi connectivity index (χ0v) is 33.6. The molecule has 2 aliphatic rings. The zero-order chi connectivity index (χ0) is 39.7. The van der Waals surface area contributed by atoms with Crippen molar-refractivity contribution in [2.24, 2.45) is 0 Å². The van der Waals surface area contributed by atoms with E-state index in [4.69, 9.17) is 4.42 Å². The van der Waals surface area contributed by atoms with E-state index in [1.807, 2.05) is 0 Å². The van der Waals surface area contributed by atoms with Gasteiger partial charge in [-0.25, -0.2) is 0 Å². The molecule has 0 fully saturated rings. The molecule has 11 aromatic rings. The molecule has 1 aromatic heterocycles. The molecule has 0 bridgehead atoms. The molecular weight excluding hydrogens is 725 g/mol. The maximum atomic E-state index is 6.31. The van der Waals surface area contributed by atoms with Gasteiger partial charge in [0.1, 0.15) is 11.2 Å². The molecule has 0 N–H and O–H groups in total. The van der Waals surface area contributed by atoms with E-state index < -0.39 is 0 Å². The molecule has 60 heavy (non-hydrogen) atoms. The topological polar surface area (TPSA) is 13.1 Å².